The normalized spacial score (nSPS) is 16.3. The molecule has 14 heteroatoms. The number of carbonyl (C=O) groups excluding carboxylic acids is 1. The van der Waals surface area contributed by atoms with Crippen LogP contribution in [0.3, 0.4) is 0 Å². The number of aryl methyl sites for hydroxylation is 1. The molecule has 1 unspecified atom stereocenters. The van der Waals surface area contributed by atoms with Crippen molar-refractivity contribution in [2.45, 2.75) is 48.2 Å². The Morgan fingerprint density at radius 3 is 2.10 bits per heavy atom. The summed E-state index contributed by atoms with van der Waals surface area (Å²) in [4.78, 5) is 14.0. The molecule has 0 bridgehead atoms. The van der Waals surface area contributed by atoms with Gasteiger partial charge in [0.1, 0.15) is 5.82 Å². The van der Waals surface area contributed by atoms with E-state index in [2.05, 4.69) is 0 Å². The molecule has 1 aliphatic rings. The number of aliphatic hydroxyl groups is 1. The van der Waals surface area contributed by atoms with Gasteiger partial charge in [0, 0.05) is 24.7 Å². The molecule has 41 heavy (non-hydrogen) atoms. The maximum Gasteiger partial charge on any atom is 0.430 e. The van der Waals surface area contributed by atoms with Crippen molar-refractivity contribution in [3.63, 3.8) is 0 Å². The van der Waals surface area contributed by atoms with Gasteiger partial charge in [-0.05, 0) is 60.9 Å². The maximum absolute atomic E-state index is 13.8. The molecule has 0 spiro atoms. The number of benzene rings is 3. The van der Waals surface area contributed by atoms with Gasteiger partial charge in [-0.3, -0.25) is 9.10 Å². The summed E-state index contributed by atoms with van der Waals surface area (Å²) in [7, 11) is -3.13. The monoisotopic (exact) mass is 604 g/mol. The predicted molar refractivity (Wildman–Crippen MR) is 135 cm³/mol. The Hall–Kier alpha value is -3.65. The number of hydrogen-bond acceptors (Lipinski definition) is 4. The van der Waals surface area contributed by atoms with E-state index in [4.69, 9.17) is 0 Å². The number of sulfonamides is 1. The average molecular weight is 605 g/mol. The van der Waals surface area contributed by atoms with E-state index in [1.165, 1.54) is 11.9 Å². The summed E-state index contributed by atoms with van der Waals surface area (Å²) < 4.78 is 123. The molecule has 0 radical (unpaired) electrons. The lowest BCUT2D eigenvalue weighted by Gasteiger charge is -2.39. The number of alkyl halides is 6. The van der Waals surface area contributed by atoms with Crippen molar-refractivity contribution in [2.24, 2.45) is 0 Å². The van der Waals surface area contributed by atoms with Crippen molar-refractivity contribution in [1.29, 1.82) is 0 Å². The van der Waals surface area contributed by atoms with Crippen LogP contribution in [0.1, 0.15) is 24.0 Å². The molecule has 0 saturated heterocycles. The van der Waals surface area contributed by atoms with Crippen molar-refractivity contribution >= 4 is 27.3 Å². The number of nitrogens with zero attached hydrogens (tertiary/aromatic N) is 2. The van der Waals surface area contributed by atoms with Gasteiger partial charge in [0.15, 0.2) is 0 Å². The van der Waals surface area contributed by atoms with E-state index in [-0.39, 0.29) is 30.5 Å². The van der Waals surface area contributed by atoms with E-state index in [0.717, 1.165) is 34.6 Å². The molecule has 220 valence electrons. The van der Waals surface area contributed by atoms with Crippen LogP contribution in [0.15, 0.2) is 77.7 Å². The molecule has 6 nitrogen and oxygen atoms in total. The van der Waals surface area contributed by atoms with E-state index in [1.807, 2.05) is 0 Å². The first-order valence-corrected chi connectivity index (χ1v) is 13.5. The fraction of sp³-hybridized carbons (Fsp3) is 0.296. The van der Waals surface area contributed by atoms with Crippen LogP contribution < -0.4 is 9.21 Å². The smallest absolute Gasteiger partial charge is 0.369 e. The van der Waals surface area contributed by atoms with Gasteiger partial charge >= 0.3 is 12.4 Å². The molecule has 0 aromatic heterocycles. The van der Waals surface area contributed by atoms with Gasteiger partial charge in [0.25, 0.3) is 15.6 Å². The van der Waals surface area contributed by atoms with Gasteiger partial charge in [0.2, 0.25) is 5.91 Å². The topological polar surface area (TPSA) is 77.9 Å². The summed E-state index contributed by atoms with van der Waals surface area (Å²) in [5.41, 5.74) is -6.73. The van der Waals surface area contributed by atoms with Gasteiger partial charge in [-0.25, -0.2) is 12.8 Å². The zero-order valence-corrected chi connectivity index (χ0v) is 22.1. The van der Waals surface area contributed by atoms with Crippen LogP contribution in [0.5, 0.6) is 0 Å². The summed E-state index contributed by atoms with van der Waals surface area (Å²) in [6, 6.07) is 12.5. The second-order valence-corrected chi connectivity index (χ2v) is 11.3. The quantitative estimate of drug-likeness (QED) is 0.367. The van der Waals surface area contributed by atoms with E-state index < -0.39 is 56.2 Å². The van der Waals surface area contributed by atoms with Gasteiger partial charge in [0.05, 0.1) is 16.6 Å². The lowest BCUT2D eigenvalue weighted by Crippen LogP contribution is -2.54. The zero-order valence-electron chi connectivity index (χ0n) is 21.2. The number of rotatable bonds is 6. The highest BCUT2D eigenvalue weighted by Gasteiger charge is 2.71. The SMILES string of the molecule is CN(C(=O)CC1CCc2cc(C(O)(C(F)(F)F)C(F)(F)F)ccc2N1S(=O)(=O)c1ccc(F)cc1)c1ccccc1. The number of amides is 1. The lowest BCUT2D eigenvalue weighted by molar-refractivity contribution is -0.376. The van der Waals surface area contributed by atoms with E-state index in [9.17, 15) is 49.1 Å². The van der Waals surface area contributed by atoms with E-state index in [0.29, 0.717) is 17.8 Å². The molecule has 0 fully saturated rings. The average Bonchev–Trinajstić information content (AvgIpc) is 2.91. The molecule has 1 atom stereocenters. The fourth-order valence-corrected chi connectivity index (χ4v) is 6.43. The van der Waals surface area contributed by atoms with Crippen LogP contribution in [-0.2, 0) is 26.8 Å². The summed E-state index contributed by atoms with van der Waals surface area (Å²) >= 11 is 0. The number of para-hydroxylation sites is 1. The van der Waals surface area contributed by atoms with Crippen LogP contribution in [-0.4, -0.2) is 44.9 Å². The Balaban J connectivity index is 1.81. The minimum absolute atomic E-state index is 0.151. The van der Waals surface area contributed by atoms with Crippen LogP contribution in [0.2, 0.25) is 0 Å². The van der Waals surface area contributed by atoms with Crippen molar-refractivity contribution in [1.82, 2.24) is 0 Å². The largest absolute Gasteiger partial charge is 0.430 e. The number of hydrogen-bond donors (Lipinski definition) is 1. The van der Waals surface area contributed by atoms with Crippen LogP contribution in [0, 0.1) is 5.82 Å². The second-order valence-electron chi connectivity index (χ2n) is 9.49. The highest BCUT2D eigenvalue weighted by Crippen LogP contribution is 2.51. The maximum atomic E-state index is 13.8. The Kier molecular flexibility index (Phi) is 7.86. The van der Waals surface area contributed by atoms with Gasteiger partial charge in [-0.15, -0.1) is 0 Å². The molecule has 1 heterocycles. The Bertz CT molecular complexity index is 1510. The van der Waals surface area contributed by atoms with Crippen molar-refractivity contribution in [3.05, 3.63) is 89.7 Å². The van der Waals surface area contributed by atoms with E-state index >= 15 is 0 Å². The molecular weight excluding hydrogens is 581 g/mol. The minimum atomic E-state index is -6.13. The Labute approximate surface area is 230 Å². The van der Waals surface area contributed by atoms with Crippen LogP contribution >= 0.6 is 0 Å². The molecule has 3 aromatic rings. The zero-order chi connectivity index (χ0) is 30.4. The second kappa shape index (κ2) is 10.6. The van der Waals surface area contributed by atoms with Crippen LogP contribution in [0.4, 0.5) is 42.1 Å². The highest BCUT2D eigenvalue weighted by atomic mass is 32.2. The van der Waals surface area contributed by atoms with Gasteiger partial charge in [-0.2, -0.15) is 26.3 Å². The van der Waals surface area contributed by atoms with Crippen molar-refractivity contribution in [2.75, 3.05) is 16.3 Å². The van der Waals surface area contributed by atoms with Crippen molar-refractivity contribution < 1.29 is 49.1 Å². The first kappa shape index (κ1) is 30.3. The van der Waals surface area contributed by atoms with Gasteiger partial charge < -0.3 is 10.0 Å². The highest BCUT2D eigenvalue weighted by molar-refractivity contribution is 7.92. The molecule has 4 rings (SSSR count). The number of halogens is 7. The predicted octanol–water partition coefficient (Wildman–Crippen LogP) is 5.70. The molecule has 1 N–H and O–H groups in total. The summed E-state index contributed by atoms with van der Waals surface area (Å²) in [6.45, 7) is 0. The third kappa shape index (κ3) is 5.49. The molecule has 3 aromatic carbocycles. The third-order valence-electron chi connectivity index (χ3n) is 6.93. The molecule has 0 aliphatic carbocycles. The number of anilines is 2. The number of fused-ring (bicyclic) bond motifs is 1. The fourth-order valence-electron chi connectivity index (χ4n) is 4.71. The first-order valence-electron chi connectivity index (χ1n) is 12.1. The Morgan fingerprint density at radius 1 is 0.951 bits per heavy atom. The molecular formula is C27H23F7N2O4S. The van der Waals surface area contributed by atoms with Crippen LogP contribution in [0.25, 0.3) is 0 Å². The first-order chi connectivity index (χ1) is 19.0. The lowest BCUT2D eigenvalue weighted by atomic mass is 9.87. The Morgan fingerprint density at radius 2 is 1.54 bits per heavy atom. The minimum Gasteiger partial charge on any atom is -0.369 e. The van der Waals surface area contributed by atoms with E-state index in [1.54, 1.807) is 30.3 Å². The standard InChI is InChI=1S/C27H23F7N2O4S/c1-35(20-5-3-2-4-6-20)24(37)16-21-11-7-17-15-18(25(38,26(29,30)31)27(32,33)34)8-14-23(17)36(21)41(39,40)22-12-9-19(28)10-13-22/h2-6,8-10,12-15,21,38H,7,11,16H2,1H3. The summed E-state index contributed by atoms with van der Waals surface area (Å²) in [5, 5.41) is 9.86. The molecule has 1 amide bonds. The summed E-state index contributed by atoms with van der Waals surface area (Å²) in [6.07, 6.45) is -13.0. The van der Waals surface area contributed by atoms with Gasteiger partial charge in [-0.1, -0.05) is 30.3 Å². The third-order valence-corrected chi connectivity index (χ3v) is 8.81. The van der Waals surface area contributed by atoms with Crippen molar-refractivity contribution in [3.8, 4) is 0 Å². The summed E-state index contributed by atoms with van der Waals surface area (Å²) in [5.74, 6) is -1.26. The number of carbonyl (C=O) groups is 1. The molecule has 0 saturated carbocycles. The molecule has 1 aliphatic heterocycles.